The molecule has 4 nitrogen and oxygen atoms in total. The quantitative estimate of drug-likeness (QED) is 0.566. The highest BCUT2D eigenvalue weighted by Crippen LogP contribution is 2.01. The van der Waals surface area contributed by atoms with E-state index >= 15 is 0 Å². The van der Waals surface area contributed by atoms with Crippen molar-refractivity contribution in [1.82, 2.24) is 0 Å². The van der Waals surface area contributed by atoms with Crippen molar-refractivity contribution in [3.8, 4) is 0 Å². The highest BCUT2D eigenvalue weighted by molar-refractivity contribution is 5.68. The third-order valence-electron chi connectivity index (χ3n) is 1.19. The first-order valence-corrected chi connectivity index (χ1v) is 3.53. The van der Waals surface area contributed by atoms with Gasteiger partial charge in [-0.2, -0.15) is 0 Å². The lowest BCUT2D eigenvalue weighted by Gasteiger charge is -2.11. The zero-order chi connectivity index (χ0) is 8.69. The van der Waals surface area contributed by atoms with E-state index in [0.717, 1.165) is 0 Å². The van der Waals surface area contributed by atoms with Crippen molar-refractivity contribution >= 4 is 12.2 Å². The molecule has 0 aliphatic heterocycles. The van der Waals surface area contributed by atoms with Crippen LogP contribution in [0.1, 0.15) is 19.8 Å². The Bertz CT molecular complexity index is 136. The fraction of sp³-hybridized carbons (Fsp3) is 0.714. The van der Waals surface area contributed by atoms with Crippen LogP contribution >= 0.6 is 0 Å². The monoisotopic (exact) mass is 159 g/mol. The van der Waals surface area contributed by atoms with E-state index in [0.29, 0.717) is 13.0 Å². The van der Waals surface area contributed by atoms with Crippen LogP contribution in [0.15, 0.2) is 0 Å². The Morgan fingerprint density at radius 3 is 2.82 bits per heavy atom. The molecule has 0 aromatic carbocycles. The zero-order valence-corrected chi connectivity index (χ0v) is 6.54. The minimum Gasteiger partial charge on any atom is -0.481 e. The topological polar surface area (TPSA) is 70.4 Å². The first-order valence-electron chi connectivity index (χ1n) is 3.53. The van der Waals surface area contributed by atoms with Crippen molar-refractivity contribution in [3.05, 3.63) is 0 Å². The van der Waals surface area contributed by atoms with Gasteiger partial charge in [-0.15, -0.1) is 0 Å². The fourth-order valence-electron chi connectivity index (χ4n) is 0.772. The molecule has 4 heteroatoms. The fourth-order valence-corrected chi connectivity index (χ4v) is 0.772. The molecule has 0 spiro atoms. The van der Waals surface area contributed by atoms with Crippen LogP contribution < -0.4 is 0 Å². The van der Waals surface area contributed by atoms with Gasteiger partial charge in [0.05, 0.1) is 12.5 Å². The number of aliphatic carboxylic acids is 1. The first kappa shape index (κ1) is 10.1. The third-order valence-corrected chi connectivity index (χ3v) is 1.19. The minimum atomic E-state index is -0.884. The molecule has 11 heavy (non-hydrogen) atoms. The molecule has 0 fully saturated rings. The Labute approximate surface area is 65.7 Å². The van der Waals surface area contributed by atoms with Crippen molar-refractivity contribution in [1.29, 1.82) is 5.41 Å². The molecule has 2 N–H and O–H groups in total. The summed E-state index contributed by atoms with van der Waals surface area (Å²) in [4.78, 5) is 10.2. The summed E-state index contributed by atoms with van der Waals surface area (Å²) in [6.45, 7) is 2.30. The second-order valence-corrected chi connectivity index (χ2v) is 2.12. The van der Waals surface area contributed by atoms with Gasteiger partial charge in [0.1, 0.15) is 0 Å². The Kier molecular flexibility index (Phi) is 5.37. The lowest BCUT2D eigenvalue weighted by atomic mass is 10.2. The number of carboxylic acid groups (broad SMARTS) is 1. The largest absolute Gasteiger partial charge is 0.481 e. The smallest absolute Gasteiger partial charge is 0.305 e. The van der Waals surface area contributed by atoms with Gasteiger partial charge >= 0.3 is 5.97 Å². The number of hydrogen-bond acceptors (Lipinski definition) is 3. The predicted molar refractivity (Wildman–Crippen MR) is 41.1 cm³/mol. The van der Waals surface area contributed by atoms with Gasteiger partial charge in [-0.3, -0.25) is 4.79 Å². The van der Waals surface area contributed by atoms with Crippen LogP contribution in [0.5, 0.6) is 0 Å². The molecular weight excluding hydrogens is 146 g/mol. The Morgan fingerprint density at radius 1 is 1.82 bits per heavy atom. The number of nitrogens with one attached hydrogen (secondary N) is 1. The van der Waals surface area contributed by atoms with Gasteiger partial charge in [0.2, 0.25) is 0 Å². The van der Waals surface area contributed by atoms with Crippen LogP contribution in [0, 0.1) is 5.41 Å². The predicted octanol–water partition coefficient (Wildman–Crippen LogP) is 0.906. The van der Waals surface area contributed by atoms with Gasteiger partial charge in [-0.05, 0) is 13.1 Å². The van der Waals surface area contributed by atoms with E-state index in [4.69, 9.17) is 15.3 Å². The molecule has 0 aromatic heterocycles. The van der Waals surface area contributed by atoms with Crippen molar-refractivity contribution in [2.24, 2.45) is 0 Å². The van der Waals surface area contributed by atoms with Gasteiger partial charge in [0.15, 0.2) is 0 Å². The van der Waals surface area contributed by atoms with Crippen molar-refractivity contribution in [3.63, 3.8) is 0 Å². The normalized spacial score (nSPS) is 12.5. The number of hydrogen-bond donors (Lipinski definition) is 2. The standard InChI is InChI=1S/C7H13NO3/c1-2-11-6(3-4-8)5-7(9)10/h4,6,8H,2-3,5H2,1H3,(H,9,10). The van der Waals surface area contributed by atoms with Gasteiger partial charge in [0.25, 0.3) is 0 Å². The summed E-state index contributed by atoms with van der Waals surface area (Å²) in [6.07, 6.45) is 1.18. The molecule has 0 saturated heterocycles. The number of carbonyl (C=O) groups is 1. The maximum Gasteiger partial charge on any atom is 0.305 e. The molecule has 0 saturated carbocycles. The van der Waals surface area contributed by atoms with Crippen LogP contribution in [0.4, 0.5) is 0 Å². The van der Waals surface area contributed by atoms with Crippen LogP contribution in [-0.2, 0) is 9.53 Å². The molecule has 0 amide bonds. The van der Waals surface area contributed by atoms with Crippen molar-refractivity contribution in [2.75, 3.05) is 6.61 Å². The van der Waals surface area contributed by atoms with Gasteiger partial charge in [-0.1, -0.05) is 0 Å². The maximum absolute atomic E-state index is 10.2. The average molecular weight is 159 g/mol. The van der Waals surface area contributed by atoms with Gasteiger partial charge in [-0.25, -0.2) is 0 Å². The highest BCUT2D eigenvalue weighted by atomic mass is 16.5. The average Bonchev–Trinajstić information content (AvgIpc) is 1.87. The Morgan fingerprint density at radius 2 is 2.45 bits per heavy atom. The van der Waals surface area contributed by atoms with Crippen LogP contribution in [0.2, 0.25) is 0 Å². The molecule has 1 atom stereocenters. The summed E-state index contributed by atoms with van der Waals surface area (Å²) in [5, 5.41) is 15.1. The second-order valence-electron chi connectivity index (χ2n) is 2.12. The van der Waals surface area contributed by atoms with E-state index in [1.807, 2.05) is 0 Å². The van der Waals surface area contributed by atoms with E-state index in [1.54, 1.807) is 6.92 Å². The lowest BCUT2D eigenvalue weighted by Crippen LogP contribution is -2.17. The highest BCUT2D eigenvalue weighted by Gasteiger charge is 2.10. The molecule has 0 aromatic rings. The Hall–Kier alpha value is -0.900. The van der Waals surface area contributed by atoms with Crippen molar-refractivity contribution < 1.29 is 14.6 Å². The summed E-state index contributed by atoms with van der Waals surface area (Å²) < 4.78 is 5.06. The number of carboxylic acids is 1. The number of rotatable bonds is 6. The van der Waals surface area contributed by atoms with E-state index in [-0.39, 0.29) is 12.5 Å². The third kappa shape index (κ3) is 5.54. The summed E-state index contributed by atoms with van der Waals surface area (Å²) in [6, 6.07) is 0. The van der Waals surface area contributed by atoms with Crippen LogP contribution in [0.3, 0.4) is 0 Å². The van der Waals surface area contributed by atoms with Crippen LogP contribution in [0.25, 0.3) is 0 Å². The lowest BCUT2D eigenvalue weighted by molar-refractivity contribution is -0.139. The molecule has 0 heterocycles. The van der Waals surface area contributed by atoms with Gasteiger partial charge in [0, 0.05) is 13.0 Å². The number of ether oxygens (including phenoxy) is 1. The zero-order valence-electron chi connectivity index (χ0n) is 6.54. The second kappa shape index (κ2) is 5.85. The minimum absolute atomic E-state index is 0.0246. The van der Waals surface area contributed by atoms with E-state index in [1.165, 1.54) is 6.21 Å². The molecule has 0 aliphatic carbocycles. The Balaban J connectivity index is 3.67. The summed E-state index contributed by atoms with van der Waals surface area (Å²) in [5.41, 5.74) is 0. The van der Waals surface area contributed by atoms with E-state index < -0.39 is 5.97 Å². The molecule has 0 bridgehead atoms. The van der Waals surface area contributed by atoms with Gasteiger partial charge < -0.3 is 15.3 Å². The molecular formula is C7H13NO3. The van der Waals surface area contributed by atoms with E-state index in [9.17, 15) is 4.79 Å². The van der Waals surface area contributed by atoms with Crippen molar-refractivity contribution in [2.45, 2.75) is 25.9 Å². The summed E-state index contributed by atoms with van der Waals surface area (Å²) >= 11 is 0. The molecule has 0 rings (SSSR count). The molecule has 1 unspecified atom stereocenters. The molecule has 64 valence electrons. The van der Waals surface area contributed by atoms with Crippen LogP contribution in [-0.4, -0.2) is 30.0 Å². The summed E-state index contributed by atoms with van der Waals surface area (Å²) in [5.74, 6) is -0.884. The SMILES string of the molecule is CCOC(CC=N)CC(=O)O. The van der Waals surface area contributed by atoms with E-state index in [2.05, 4.69) is 0 Å². The maximum atomic E-state index is 10.2. The molecule has 0 aliphatic rings. The summed E-state index contributed by atoms with van der Waals surface area (Å²) in [7, 11) is 0. The molecule has 0 radical (unpaired) electrons. The first-order chi connectivity index (χ1) is 5.20.